The van der Waals surface area contributed by atoms with Gasteiger partial charge >= 0.3 is 6.09 Å². The van der Waals surface area contributed by atoms with Gasteiger partial charge in [0.1, 0.15) is 18.3 Å². The Labute approximate surface area is 203 Å². The van der Waals surface area contributed by atoms with Crippen LogP contribution in [0.5, 0.6) is 0 Å². The molecule has 5 rings (SSSR count). The summed E-state index contributed by atoms with van der Waals surface area (Å²) in [6.45, 7) is 8.89. The molecule has 4 aromatic heterocycles. The molecular formula is C24H29N9O2. The van der Waals surface area contributed by atoms with Crippen LogP contribution in [-0.2, 0) is 4.74 Å². The number of carbonyl (C=O) groups excluding carboxylic acids is 1. The van der Waals surface area contributed by atoms with Crippen LogP contribution >= 0.6 is 0 Å². The Bertz CT molecular complexity index is 1330. The minimum absolute atomic E-state index is 0.252. The van der Waals surface area contributed by atoms with E-state index < -0.39 is 5.60 Å². The molecule has 0 bridgehead atoms. The topological polar surface area (TPSA) is 115 Å². The number of imidazole rings is 1. The standard InChI is InChI=1S/C24H29N9O2/c1-16-18(5-6-21(29-16)32-15-25-14-28-32)30-19-7-10-27-33-20(13-26-22(19)33)17-8-11-31(12-9-17)23(34)35-24(2,3)4/h5-7,10,13-15,17,30H,8-9,11-12H2,1-4H3. The number of nitrogens with zero attached hydrogens (tertiary/aromatic N) is 8. The van der Waals surface area contributed by atoms with Crippen LogP contribution in [0, 0.1) is 6.92 Å². The van der Waals surface area contributed by atoms with Crippen molar-refractivity contribution in [1.29, 1.82) is 0 Å². The number of nitrogens with one attached hydrogen (secondary N) is 1. The van der Waals surface area contributed by atoms with Crippen molar-refractivity contribution in [2.24, 2.45) is 0 Å². The lowest BCUT2D eigenvalue weighted by Crippen LogP contribution is -2.41. The average Bonchev–Trinajstić information content (AvgIpc) is 3.50. The van der Waals surface area contributed by atoms with Crippen molar-refractivity contribution >= 4 is 23.1 Å². The molecule has 1 saturated heterocycles. The average molecular weight is 476 g/mol. The summed E-state index contributed by atoms with van der Waals surface area (Å²) in [6.07, 6.45) is 8.17. The maximum absolute atomic E-state index is 12.4. The number of anilines is 2. The van der Waals surface area contributed by atoms with Crippen LogP contribution in [0.25, 0.3) is 11.5 Å². The Hall–Kier alpha value is -4.02. The Balaban J connectivity index is 1.32. The zero-order chi connectivity index (χ0) is 24.6. The van der Waals surface area contributed by atoms with Crippen LogP contribution in [0.3, 0.4) is 0 Å². The number of pyridine rings is 1. The molecule has 1 aliphatic rings. The van der Waals surface area contributed by atoms with Crippen LogP contribution in [0.1, 0.15) is 50.9 Å². The fourth-order valence-corrected chi connectivity index (χ4v) is 4.25. The molecule has 0 aromatic carbocycles. The van der Waals surface area contributed by atoms with Gasteiger partial charge in [-0.25, -0.2) is 28.9 Å². The number of piperidine rings is 1. The summed E-state index contributed by atoms with van der Waals surface area (Å²) in [5.74, 6) is 0.961. The van der Waals surface area contributed by atoms with E-state index in [1.54, 1.807) is 22.1 Å². The summed E-state index contributed by atoms with van der Waals surface area (Å²) in [7, 11) is 0. The van der Waals surface area contributed by atoms with Crippen LogP contribution in [0.15, 0.2) is 43.2 Å². The molecular weight excluding hydrogens is 446 g/mol. The fraction of sp³-hybridized carbons (Fsp3) is 0.417. The molecule has 0 radical (unpaired) electrons. The van der Waals surface area contributed by atoms with Crippen molar-refractivity contribution in [3.8, 4) is 5.82 Å². The number of aryl methyl sites for hydroxylation is 1. The quantitative estimate of drug-likeness (QED) is 0.473. The number of likely N-dealkylation sites (tertiary alicyclic amines) is 1. The molecule has 1 fully saturated rings. The van der Waals surface area contributed by atoms with E-state index in [0.29, 0.717) is 18.9 Å². The van der Waals surface area contributed by atoms with Crippen molar-refractivity contribution in [3.63, 3.8) is 0 Å². The van der Waals surface area contributed by atoms with Crippen molar-refractivity contribution < 1.29 is 9.53 Å². The van der Waals surface area contributed by atoms with Crippen molar-refractivity contribution in [1.82, 2.24) is 39.2 Å². The van der Waals surface area contributed by atoms with E-state index in [9.17, 15) is 4.79 Å². The summed E-state index contributed by atoms with van der Waals surface area (Å²) in [6, 6.07) is 5.76. The van der Waals surface area contributed by atoms with Gasteiger partial charge in [-0.3, -0.25) is 0 Å². The Morgan fingerprint density at radius 2 is 1.91 bits per heavy atom. The zero-order valence-electron chi connectivity index (χ0n) is 20.3. The highest BCUT2D eigenvalue weighted by atomic mass is 16.6. The summed E-state index contributed by atoms with van der Waals surface area (Å²) < 4.78 is 9.03. The van der Waals surface area contributed by atoms with Crippen LogP contribution < -0.4 is 5.32 Å². The second-order valence-corrected chi connectivity index (χ2v) is 9.67. The highest BCUT2D eigenvalue weighted by Crippen LogP contribution is 2.31. The summed E-state index contributed by atoms with van der Waals surface area (Å²) in [4.78, 5) is 27.5. The van der Waals surface area contributed by atoms with Gasteiger partial charge in [0.05, 0.1) is 35.2 Å². The first-order valence-electron chi connectivity index (χ1n) is 11.7. The van der Waals surface area contributed by atoms with E-state index in [1.165, 1.54) is 6.33 Å². The van der Waals surface area contributed by atoms with Gasteiger partial charge in [-0.2, -0.15) is 10.2 Å². The molecule has 1 aliphatic heterocycles. The maximum Gasteiger partial charge on any atom is 0.410 e. The first-order valence-corrected chi connectivity index (χ1v) is 11.7. The van der Waals surface area contributed by atoms with E-state index in [0.717, 1.165) is 41.3 Å². The molecule has 1 N–H and O–H groups in total. The first kappa shape index (κ1) is 22.8. The summed E-state index contributed by atoms with van der Waals surface area (Å²) >= 11 is 0. The monoisotopic (exact) mass is 475 g/mol. The molecule has 11 heteroatoms. The molecule has 1 amide bonds. The number of rotatable bonds is 4. The van der Waals surface area contributed by atoms with E-state index in [1.807, 2.05) is 56.6 Å². The largest absolute Gasteiger partial charge is 0.444 e. The first-order chi connectivity index (χ1) is 16.8. The molecule has 0 spiro atoms. The normalized spacial score (nSPS) is 14.9. The number of aromatic nitrogens is 7. The molecule has 0 saturated carbocycles. The number of carbonyl (C=O) groups is 1. The third-order valence-corrected chi connectivity index (χ3v) is 5.99. The van der Waals surface area contributed by atoms with Crippen LogP contribution in [-0.4, -0.2) is 64.0 Å². The predicted molar refractivity (Wildman–Crippen MR) is 130 cm³/mol. The van der Waals surface area contributed by atoms with Crippen molar-refractivity contribution in [2.75, 3.05) is 18.4 Å². The smallest absolute Gasteiger partial charge is 0.410 e. The van der Waals surface area contributed by atoms with Gasteiger partial charge in [-0.15, -0.1) is 0 Å². The fourth-order valence-electron chi connectivity index (χ4n) is 4.25. The minimum atomic E-state index is -0.493. The number of ether oxygens (including phenoxy) is 1. The molecule has 5 heterocycles. The van der Waals surface area contributed by atoms with Gasteiger partial charge < -0.3 is 15.0 Å². The molecule has 0 atom stereocenters. The maximum atomic E-state index is 12.4. The lowest BCUT2D eigenvalue weighted by molar-refractivity contribution is 0.0203. The van der Waals surface area contributed by atoms with Gasteiger partial charge in [0.2, 0.25) is 0 Å². The van der Waals surface area contributed by atoms with E-state index in [-0.39, 0.29) is 12.0 Å². The molecule has 182 valence electrons. The number of hydrogen-bond donors (Lipinski definition) is 1. The Morgan fingerprint density at radius 1 is 1.11 bits per heavy atom. The molecule has 35 heavy (non-hydrogen) atoms. The number of fused-ring (bicyclic) bond motifs is 1. The molecule has 0 unspecified atom stereocenters. The lowest BCUT2D eigenvalue weighted by Gasteiger charge is -2.33. The van der Waals surface area contributed by atoms with Gasteiger partial charge in [-0.05, 0) is 58.7 Å². The van der Waals surface area contributed by atoms with Gasteiger partial charge in [0, 0.05) is 19.0 Å². The van der Waals surface area contributed by atoms with E-state index >= 15 is 0 Å². The SMILES string of the molecule is Cc1nc(-n2cncn2)ccc1Nc1ccnn2c(C3CCN(C(=O)OC(C)(C)C)CC3)cnc12. The summed E-state index contributed by atoms with van der Waals surface area (Å²) in [5.41, 5.74) is 3.84. The molecule has 11 nitrogen and oxygen atoms in total. The van der Waals surface area contributed by atoms with Gasteiger partial charge in [0.15, 0.2) is 11.5 Å². The van der Waals surface area contributed by atoms with Crippen LogP contribution in [0.4, 0.5) is 16.2 Å². The lowest BCUT2D eigenvalue weighted by atomic mass is 9.94. The highest BCUT2D eigenvalue weighted by Gasteiger charge is 2.29. The second-order valence-electron chi connectivity index (χ2n) is 9.67. The zero-order valence-corrected chi connectivity index (χ0v) is 20.3. The number of hydrogen-bond acceptors (Lipinski definition) is 8. The van der Waals surface area contributed by atoms with Gasteiger partial charge in [-0.1, -0.05) is 0 Å². The third-order valence-electron chi connectivity index (χ3n) is 5.99. The Kier molecular flexibility index (Phi) is 5.83. The van der Waals surface area contributed by atoms with Crippen molar-refractivity contribution in [2.45, 2.75) is 52.1 Å². The Morgan fingerprint density at radius 3 is 2.60 bits per heavy atom. The van der Waals surface area contributed by atoms with E-state index in [4.69, 9.17) is 4.74 Å². The minimum Gasteiger partial charge on any atom is -0.444 e. The van der Waals surface area contributed by atoms with Crippen LogP contribution in [0.2, 0.25) is 0 Å². The number of amides is 1. The second kappa shape index (κ2) is 8.97. The predicted octanol–water partition coefficient (Wildman–Crippen LogP) is 3.87. The highest BCUT2D eigenvalue weighted by molar-refractivity contribution is 5.74. The molecule has 4 aromatic rings. The third kappa shape index (κ3) is 4.79. The van der Waals surface area contributed by atoms with Gasteiger partial charge in [0.25, 0.3) is 0 Å². The summed E-state index contributed by atoms with van der Waals surface area (Å²) in [5, 5.41) is 12.1. The molecule has 0 aliphatic carbocycles. The van der Waals surface area contributed by atoms with E-state index in [2.05, 4.69) is 30.5 Å². The van der Waals surface area contributed by atoms with Crippen molar-refractivity contribution in [3.05, 3.63) is 54.6 Å².